The molecule has 0 N–H and O–H groups in total. The molecule has 2 heteroatoms. The molecule has 0 amide bonds. The van der Waals surface area contributed by atoms with Gasteiger partial charge < -0.3 is 0 Å². The molecule has 0 saturated heterocycles. The summed E-state index contributed by atoms with van der Waals surface area (Å²) < 4.78 is 0. The summed E-state index contributed by atoms with van der Waals surface area (Å²) in [4.78, 5) is 23.2. The van der Waals surface area contributed by atoms with Crippen molar-refractivity contribution in [3.63, 3.8) is 0 Å². The molecule has 0 atom stereocenters. The van der Waals surface area contributed by atoms with Gasteiger partial charge in [0.25, 0.3) is 0 Å². The molecule has 1 aromatic rings. The minimum absolute atomic E-state index is 0.00126. The first-order valence-corrected chi connectivity index (χ1v) is 6.50. The van der Waals surface area contributed by atoms with Crippen LogP contribution in [0.15, 0.2) is 18.2 Å². The van der Waals surface area contributed by atoms with Crippen molar-refractivity contribution in [2.75, 3.05) is 0 Å². The van der Waals surface area contributed by atoms with E-state index in [1.165, 1.54) is 12.5 Å². The molecule has 18 heavy (non-hydrogen) atoms. The fourth-order valence-corrected chi connectivity index (χ4v) is 2.30. The van der Waals surface area contributed by atoms with Crippen molar-refractivity contribution in [2.24, 2.45) is 0 Å². The quantitative estimate of drug-likeness (QED) is 0.579. The first-order valence-electron chi connectivity index (χ1n) is 6.50. The highest BCUT2D eigenvalue weighted by atomic mass is 16.1. The number of hydrogen-bond donors (Lipinski definition) is 0. The van der Waals surface area contributed by atoms with Crippen LogP contribution < -0.4 is 0 Å². The number of Topliss-reactive ketones (excluding diaryl/α,β-unsaturated/α-hetero) is 2. The minimum Gasteiger partial charge on any atom is -0.300 e. The molecule has 0 aromatic heterocycles. The lowest BCUT2D eigenvalue weighted by molar-refractivity contribution is -0.116. The van der Waals surface area contributed by atoms with Gasteiger partial charge in [0.15, 0.2) is 5.78 Å². The van der Waals surface area contributed by atoms with Crippen LogP contribution >= 0.6 is 0 Å². The van der Waals surface area contributed by atoms with Crippen LogP contribution in [0.25, 0.3) is 0 Å². The number of carbonyl (C=O) groups excluding carboxylic acids is 2. The Morgan fingerprint density at radius 1 is 1.06 bits per heavy atom. The van der Waals surface area contributed by atoms with Crippen molar-refractivity contribution >= 4 is 11.6 Å². The number of hydrogen-bond acceptors (Lipinski definition) is 2. The molecule has 0 aliphatic carbocycles. The zero-order chi connectivity index (χ0) is 13.9. The van der Waals surface area contributed by atoms with Crippen molar-refractivity contribution in [1.29, 1.82) is 0 Å². The van der Waals surface area contributed by atoms with Crippen molar-refractivity contribution in [2.45, 2.75) is 52.9 Å². The topological polar surface area (TPSA) is 34.1 Å². The van der Waals surface area contributed by atoms with E-state index in [0.717, 1.165) is 5.56 Å². The summed E-state index contributed by atoms with van der Waals surface area (Å²) in [5.74, 6) is 0.528. The summed E-state index contributed by atoms with van der Waals surface area (Å²) in [5, 5.41) is 0. The molecule has 0 aliphatic heterocycles. The summed E-state index contributed by atoms with van der Waals surface area (Å²) in [7, 11) is 0. The summed E-state index contributed by atoms with van der Waals surface area (Å²) in [6.45, 7) is 9.89. The Hall–Kier alpha value is -1.44. The summed E-state index contributed by atoms with van der Waals surface area (Å²) in [6, 6.07) is 5.83. The molecule has 2 nitrogen and oxygen atoms in total. The van der Waals surface area contributed by atoms with E-state index in [1.807, 2.05) is 12.1 Å². The molecule has 0 unspecified atom stereocenters. The largest absolute Gasteiger partial charge is 0.300 e. The van der Waals surface area contributed by atoms with Crippen LogP contribution in [0, 0.1) is 0 Å². The molecule has 0 saturated carbocycles. The van der Waals surface area contributed by atoms with Gasteiger partial charge in [-0.2, -0.15) is 0 Å². The van der Waals surface area contributed by atoms with Crippen molar-refractivity contribution < 1.29 is 9.59 Å². The molecular weight excluding hydrogens is 224 g/mol. The first kappa shape index (κ1) is 14.6. The molecule has 98 valence electrons. The summed E-state index contributed by atoms with van der Waals surface area (Å²) in [5.41, 5.74) is 3.02. The lowest BCUT2D eigenvalue weighted by atomic mass is 9.85. The average Bonchev–Trinajstić information content (AvgIpc) is 2.26. The predicted octanol–water partition coefficient (Wildman–Crippen LogP) is 4.10. The maximum Gasteiger partial charge on any atom is 0.170 e. The van der Waals surface area contributed by atoms with Crippen LogP contribution in [0.1, 0.15) is 74.4 Å². The number of rotatable bonds is 5. The number of ketones is 2. The van der Waals surface area contributed by atoms with E-state index in [4.69, 9.17) is 0 Å². The van der Waals surface area contributed by atoms with E-state index >= 15 is 0 Å². The highest BCUT2D eigenvalue weighted by molar-refractivity contribution is 6.08. The molecule has 0 radical (unpaired) electrons. The molecule has 0 aliphatic rings. The van der Waals surface area contributed by atoms with Gasteiger partial charge in [-0.05, 0) is 29.9 Å². The van der Waals surface area contributed by atoms with Gasteiger partial charge in [0.05, 0.1) is 6.42 Å². The highest BCUT2D eigenvalue weighted by Crippen LogP contribution is 2.30. The third kappa shape index (κ3) is 3.28. The second-order valence-electron chi connectivity index (χ2n) is 5.42. The molecule has 0 bridgehead atoms. The maximum atomic E-state index is 12.1. The Kier molecular flexibility index (Phi) is 4.83. The molecule has 1 aromatic carbocycles. The third-order valence-corrected chi connectivity index (χ3v) is 3.05. The van der Waals surface area contributed by atoms with Gasteiger partial charge in [0.2, 0.25) is 0 Å². The summed E-state index contributed by atoms with van der Waals surface area (Å²) >= 11 is 0. The van der Waals surface area contributed by atoms with Crippen LogP contribution in [0.2, 0.25) is 0 Å². The van der Waals surface area contributed by atoms with E-state index in [-0.39, 0.29) is 23.9 Å². The summed E-state index contributed by atoms with van der Waals surface area (Å²) in [6.07, 6.45) is 0.00126. The van der Waals surface area contributed by atoms with Gasteiger partial charge in [0, 0.05) is 5.56 Å². The fourth-order valence-electron chi connectivity index (χ4n) is 2.30. The monoisotopic (exact) mass is 246 g/mol. The van der Waals surface area contributed by atoms with Crippen molar-refractivity contribution in [1.82, 2.24) is 0 Å². The zero-order valence-electron chi connectivity index (χ0n) is 11.9. The molecular formula is C16H22O2. The van der Waals surface area contributed by atoms with Gasteiger partial charge in [-0.15, -0.1) is 0 Å². The normalized spacial score (nSPS) is 11.1. The smallest absolute Gasteiger partial charge is 0.170 e. The second kappa shape index (κ2) is 5.94. The van der Waals surface area contributed by atoms with Crippen molar-refractivity contribution in [3.05, 3.63) is 34.9 Å². The Morgan fingerprint density at radius 2 is 1.67 bits per heavy atom. The van der Waals surface area contributed by atoms with Gasteiger partial charge in [0.1, 0.15) is 5.78 Å². The minimum atomic E-state index is -0.0790. The first-order chi connectivity index (χ1) is 8.34. The Balaban J connectivity index is 3.31. The van der Waals surface area contributed by atoms with E-state index < -0.39 is 0 Å². The third-order valence-electron chi connectivity index (χ3n) is 3.05. The second-order valence-corrected chi connectivity index (χ2v) is 5.42. The van der Waals surface area contributed by atoms with Crippen molar-refractivity contribution in [3.8, 4) is 0 Å². The maximum absolute atomic E-state index is 12.1. The van der Waals surface area contributed by atoms with E-state index in [0.29, 0.717) is 11.5 Å². The van der Waals surface area contributed by atoms with Gasteiger partial charge in [-0.3, -0.25) is 9.59 Å². The van der Waals surface area contributed by atoms with Crippen LogP contribution in [0.5, 0.6) is 0 Å². The SMILES string of the molecule is CC(=O)CC(=O)c1cccc(C(C)C)c1C(C)C. The predicted molar refractivity (Wildman–Crippen MR) is 74.2 cm³/mol. The van der Waals surface area contributed by atoms with E-state index in [2.05, 4.69) is 33.8 Å². The average molecular weight is 246 g/mol. The van der Waals surface area contributed by atoms with Crippen LogP contribution in [0.4, 0.5) is 0 Å². The lowest BCUT2D eigenvalue weighted by Gasteiger charge is -2.19. The van der Waals surface area contributed by atoms with Gasteiger partial charge in [-0.25, -0.2) is 0 Å². The van der Waals surface area contributed by atoms with Gasteiger partial charge >= 0.3 is 0 Å². The van der Waals surface area contributed by atoms with E-state index in [9.17, 15) is 9.59 Å². The Labute approximate surface area is 109 Å². The molecule has 1 rings (SSSR count). The lowest BCUT2D eigenvalue weighted by Crippen LogP contribution is -2.11. The molecule has 0 spiro atoms. The molecule has 0 heterocycles. The van der Waals surface area contributed by atoms with E-state index in [1.54, 1.807) is 0 Å². The van der Waals surface area contributed by atoms with Crippen LogP contribution in [-0.4, -0.2) is 11.6 Å². The highest BCUT2D eigenvalue weighted by Gasteiger charge is 2.19. The number of carbonyl (C=O) groups is 2. The van der Waals surface area contributed by atoms with Crippen LogP contribution in [0.3, 0.4) is 0 Å². The Bertz CT molecular complexity index is 456. The fraction of sp³-hybridized carbons (Fsp3) is 0.500. The standard InChI is InChI=1S/C16H22O2/c1-10(2)13-7-6-8-14(16(13)11(3)4)15(18)9-12(5)17/h6-8,10-11H,9H2,1-5H3. The Morgan fingerprint density at radius 3 is 2.11 bits per heavy atom. The van der Waals surface area contributed by atoms with Gasteiger partial charge in [-0.1, -0.05) is 45.9 Å². The van der Waals surface area contributed by atoms with Crippen LogP contribution in [-0.2, 0) is 4.79 Å². The molecule has 0 fully saturated rings. The number of benzene rings is 1. The zero-order valence-corrected chi connectivity index (χ0v) is 11.9.